The zero-order valence-electron chi connectivity index (χ0n) is 10.4. The van der Waals surface area contributed by atoms with Crippen LogP contribution in [0.2, 0.25) is 0 Å². The Hall–Kier alpha value is -1.36. The van der Waals surface area contributed by atoms with Gasteiger partial charge < -0.3 is 14.6 Å². The average Bonchev–Trinajstić information content (AvgIpc) is 2.46. The van der Waals surface area contributed by atoms with Crippen LogP contribution in [0.4, 0.5) is 0 Å². The van der Waals surface area contributed by atoms with Gasteiger partial charge in [-0.3, -0.25) is 0 Å². The van der Waals surface area contributed by atoms with Crippen LogP contribution in [0, 0.1) is 0 Å². The van der Waals surface area contributed by atoms with E-state index in [4.69, 9.17) is 14.6 Å². The minimum atomic E-state index is -0.935. The van der Waals surface area contributed by atoms with Crippen molar-refractivity contribution in [1.82, 2.24) is 0 Å². The molecule has 98 valence electrons. The monoisotopic (exact) mass is 244 g/mol. The zero-order valence-corrected chi connectivity index (χ0v) is 10.4. The number of esters is 1. The van der Waals surface area contributed by atoms with Crippen molar-refractivity contribution in [2.45, 2.75) is 39.2 Å². The van der Waals surface area contributed by atoms with E-state index in [1.165, 1.54) is 6.92 Å². The smallest absolute Gasteiger partial charge is 0.335 e. The normalized spacial score (nSPS) is 19.4. The van der Waals surface area contributed by atoms with Gasteiger partial charge in [0.25, 0.3) is 0 Å². The summed E-state index contributed by atoms with van der Waals surface area (Å²) in [7, 11) is 0. The number of ether oxygens (including phenoxy) is 2. The molecule has 5 nitrogen and oxygen atoms in total. The van der Waals surface area contributed by atoms with Crippen molar-refractivity contribution >= 4 is 11.9 Å². The Morgan fingerprint density at radius 1 is 1.59 bits per heavy atom. The number of rotatable bonds is 3. The largest absolute Gasteiger partial charge is 0.478 e. The lowest BCUT2D eigenvalue weighted by Crippen LogP contribution is -2.24. The summed E-state index contributed by atoms with van der Waals surface area (Å²) in [6.45, 7) is 7.63. The Kier molecular flexibility index (Phi) is 8.05. The van der Waals surface area contributed by atoms with Gasteiger partial charge in [0, 0.05) is 12.2 Å². The van der Waals surface area contributed by atoms with E-state index in [-0.39, 0.29) is 17.6 Å². The van der Waals surface area contributed by atoms with E-state index < -0.39 is 5.97 Å². The molecule has 17 heavy (non-hydrogen) atoms. The summed E-state index contributed by atoms with van der Waals surface area (Å²) >= 11 is 0. The molecule has 1 saturated heterocycles. The van der Waals surface area contributed by atoms with Crippen LogP contribution in [-0.4, -0.2) is 36.4 Å². The number of carbonyl (C=O) groups is 2. The lowest BCUT2D eigenvalue weighted by molar-refractivity contribution is -0.155. The Morgan fingerprint density at radius 3 is 2.65 bits per heavy atom. The first-order valence-electron chi connectivity index (χ1n) is 5.66. The quantitative estimate of drug-likeness (QED) is 0.605. The minimum Gasteiger partial charge on any atom is -0.478 e. The number of hydrogen-bond acceptors (Lipinski definition) is 4. The molecule has 1 unspecified atom stereocenters. The van der Waals surface area contributed by atoms with Crippen LogP contribution in [0.3, 0.4) is 0 Å². The standard InChI is InChI=1S/C8H14O3.C4H6O2/c1-2-10-7-5-3-4-6-11-8(7)9;1-3(2)4(5)6/h7H,2-6H2,1H3;1H2,2H3,(H,5,6). The molecule has 0 aromatic heterocycles. The maximum absolute atomic E-state index is 11.1. The topological polar surface area (TPSA) is 72.8 Å². The predicted molar refractivity (Wildman–Crippen MR) is 62.7 cm³/mol. The molecule has 0 amide bonds. The molecule has 1 N–H and O–H groups in total. The van der Waals surface area contributed by atoms with Crippen LogP contribution in [0.15, 0.2) is 12.2 Å². The summed E-state index contributed by atoms with van der Waals surface area (Å²) in [5, 5.41) is 7.89. The molecule has 0 aliphatic carbocycles. The van der Waals surface area contributed by atoms with Gasteiger partial charge >= 0.3 is 11.9 Å². The SMILES string of the molecule is C=C(C)C(=O)O.CCOC1CCCCOC1=O. The van der Waals surface area contributed by atoms with Crippen molar-refractivity contribution in [2.75, 3.05) is 13.2 Å². The summed E-state index contributed by atoms with van der Waals surface area (Å²) < 4.78 is 10.1. The van der Waals surface area contributed by atoms with Gasteiger partial charge in [0.05, 0.1) is 6.61 Å². The molecule has 0 bridgehead atoms. The molecule has 0 radical (unpaired) electrons. The molecule has 0 aromatic carbocycles. The van der Waals surface area contributed by atoms with Crippen molar-refractivity contribution in [2.24, 2.45) is 0 Å². The molecule has 1 aliphatic rings. The van der Waals surface area contributed by atoms with Crippen molar-refractivity contribution < 1.29 is 24.2 Å². The second-order valence-electron chi connectivity index (χ2n) is 3.69. The minimum absolute atomic E-state index is 0.176. The van der Waals surface area contributed by atoms with Gasteiger partial charge in [-0.1, -0.05) is 6.58 Å². The van der Waals surface area contributed by atoms with Crippen LogP contribution in [0.1, 0.15) is 33.1 Å². The zero-order chi connectivity index (χ0) is 13.3. The number of cyclic esters (lactones) is 1. The first-order valence-corrected chi connectivity index (χ1v) is 5.66. The molecule has 5 heteroatoms. The molecule has 0 aromatic rings. The molecule has 0 saturated carbocycles. The predicted octanol–water partition coefficient (Wildman–Crippen LogP) is 1.77. The van der Waals surface area contributed by atoms with E-state index in [2.05, 4.69) is 6.58 Å². The summed E-state index contributed by atoms with van der Waals surface area (Å²) in [6, 6.07) is 0. The van der Waals surface area contributed by atoms with Crippen LogP contribution in [0.25, 0.3) is 0 Å². The first kappa shape index (κ1) is 15.6. The highest BCUT2D eigenvalue weighted by Crippen LogP contribution is 2.11. The van der Waals surface area contributed by atoms with Crippen molar-refractivity contribution in [1.29, 1.82) is 0 Å². The molecule has 1 heterocycles. The highest BCUT2D eigenvalue weighted by atomic mass is 16.6. The third-order valence-corrected chi connectivity index (χ3v) is 2.10. The summed E-state index contributed by atoms with van der Waals surface area (Å²) in [4.78, 5) is 20.7. The fourth-order valence-corrected chi connectivity index (χ4v) is 1.17. The van der Waals surface area contributed by atoms with Crippen LogP contribution in [0.5, 0.6) is 0 Å². The number of aliphatic carboxylic acids is 1. The molecule has 1 atom stereocenters. The molecule has 1 aliphatic heterocycles. The first-order chi connectivity index (χ1) is 7.99. The Bertz CT molecular complexity index is 260. The van der Waals surface area contributed by atoms with Gasteiger partial charge in [0.1, 0.15) is 0 Å². The number of carboxylic acid groups (broad SMARTS) is 1. The molecule has 1 rings (SSSR count). The van der Waals surface area contributed by atoms with E-state index in [1.54, 1.807) is 0 Å². The van der Waals surface area contributed by atoms with E-state index in [0.29, 0.717) is 13.2 Å². The number of hydrogen-bond donors (Lipinski definition) is 1. The fourth-order valence-electron chi connectivity index (χ4n) is 1.17. The summed E-state index contributed by atoms with van der Waals surface area (Å²) in [5.41, 5.74) is 0.176. The molecular weight excluding hydrogens is 224 g/mol. The van der Waals surface area contributed by atoms with Gasteiger partial charge in [-0.25, -0.2) is 9.59 Å². The van der Waals surface area contributed by atoms with Crippen LogP contribution < -0.4 is 0 Å². The number of carbonyl (C=O) groups excluding carboxylic acids is 1. The molecule has 1 fully saturated rings. The Labute approximate surface area is 101 Å². The Morgan fingerprint density at radius 2 is 2.18 bits per heavy atom. The number of carboxylic acids is 1. The van der Waals surface area contributed by atoms with Crippen molar-refractivity contribution in [3.63, 3.8) is 0 Å². The van der Waals surface area contributed by atoms with E-state index in [1.807, 2.05) is 6.92 Å². The van der Waals surface area contributed by atoms with Crippen LogP contribution in [-0.2, 0) is 19.1 Å². The third-order valence-electron chi connectivity index (χ3n) is 2.10. The third kappa shape index (κ3) is 7.52. The summed E-state index contributed by atoms with van der Waals surface area (Å²) in [6.07, 6.45) is 2.50. The average molecular weight is 244 g/mol. The van der Waals surface area contributed by atoms with E-state index in [9.17, 15) is 9.59 Å². The van der Waals surface area contributed by atoms with Crippen molar-refractivity contribution in [3.8, 4) is 0 Å². The van der Waals surface area contributed by atoms with Gasteiger partial charge in [-0.05, 0) is 33.1 Å². The van der Waals surface area contributed by atoms with Crippen molar-refractivity contribution in [3.05, 3.63) is 12.2 Å². The van der Waals surface area contributed by atoms with Gasteiger partial charge in [0.2, 0.25) is 0 Å². The summed E-state index contributed by atoms with van der Waals surface area (Å²) in [5.74, 6) is -1.13. The Balaban J connectivity index is 0.000000366. The highest BCUT2D eigenvalue weighted by molar-refractivity contribution is 5.84. The molecular formula is C12H20O5. The highest BCUT2D eigenvalue weighted by Gasteiger charge is 2.21. The second-order valence-corrected chi connectivity index (χ2v) is 3.69. The van der Waals surface area contributed by atoms with Gasteiger partial charge in [-0.15, -0.1) is 0 Å². The fraction of sp³-hybridized carbons (Fsp3) is 0.667. The van der Waals surface area contributed by atoms with Crippen LogP contribution >= 0.6 is 0 Å². The maximum Gasteiger partial charge on any atom is 0.335 e. The maximum atomic E-state index is 11.1. The second kappa shape index (κ2) is 8.75. The van der Waals surface area contributed by atoms with Gasteiger partial charge in [0.15, 0.2) is 6.10 Å². The lowest BCUT2D eigenvalue weighted by atomic mass is 10.2. The lowest BCUT2D eigenvalue weighted by Gasteiger charge is -2.10. The van der Waals surface area contributed by atoms with E-state index >= 15 is 0 Å². The molecule has 0 spiro atoms. The van der Waals surface area contributed by atoms with E-state index in [0.717, 1.165) is 19.3 Å². The van der Waals surface area contributed by atoms with Gasteiger partial charge in [-0.2, -0.15) is 0 Å².